The van der Waals surface area contributed by atoms with Crippen LogP contribution < -0.4 is 5.32 Å². The molecule has 1 aromatic rings. The minimum Gasteiger partial charge on any atom is -0.388 e. The summed E-state index contributed by atoms with van der Waals surface area (Å²) in [6, 6.07) is 5.38. The number of likely N-dealkylation sites (tertiary alicyclic amines) is 1. The van der Waals surface area contributed by atoms with E-state index in [1.807, 2.05) is 18.0 Å². The average molecular weight is 338 g/mol. The second-order valence-corrected chi connectivity index (χ2v) is 6.51. The molecule has 1 heterocycles. The molecule has 1 aliphatic heterocycles. The molecule has 5 nitrogen and oxygen atoms in total. The van der Waals surface area contributed by atoms with E-state index in [0.717, 1.165) is 25.1 Å². The van der Waals surface area contributed by atoms with Gasteiger partial charge in [-0.3, -0.25) is 9.59 Å². The molecule has 0 spiro atoms. The summed E-state index contributed by atoms with van der Waals surface area (Å²) in [7, 11) is 3.61. The maximum absolute atomic E-state index is 12.8. The lowest BCUT2D eigenvalue weighted by molar-refractivity contribution is -0.128. The Bertz CT molecular complexity index is 591. The van der Waals surface area contributed by atoms with Crippen LogP contribution in [0.3, 0.4) is 0 Å². The van der Waals surface area contributed by atoms with Gasteiger partial charge in [0.2, 0.25) is 5.91 Å². The van der Waals surface area contributed by atoms with E-state index in [9.17, 15) is 9.59 Å². The SMILES string of the molecule is CNc1ccc(Cl)c(C(=O)N2CCCC(CN(C)C(C)=O)C2)c1. The molecular formula is C17H24ClN3O2. The highest BCUT2D eigenvalue weighted by molar-refractivity contribution is 6.34. The predicted octanol–water partition coefficient (Wildman–Crippen LogP) is 2.71. The van der Waals surface area contributed by atoms with Crippen molar-refractivity contribution in [2.24, 2.45) is 5.92 Å². The lowest BCUT2D eigenvalue weighted by Crippen LogP contribution is -2.44. The van der Waals surface area contributed by atoms with Gasteiger partial charge in [-0.1, -0.05) is 11.6 Å². The number of nitrogens with zero attached hydrogens (tertiary/aromatic N) is 2. The van der Waals surface area contributed by atoms with Gasteiger partial charge in [-0.2, -0.15) is 0 Å². The molecule has 0 bridgehead atoms. The number of amides is 2. The van der Waals surface area contributed by atoms with Crippen molar-refractivity contribution in [3.8, 4) is 0 Å². The third kappa shape index (κ3) is 4.38. The highest BCUT2D eigenvalue weighted by Crippen LogP contribution is 2.25. The number of nitrogens with one attached hydrogen (secondary N) is 1. The number of benzene rings is 1. The van der Waals surface area contributed by atoms with Gasteiger partial charge in [0.15, 0.2) is 0 Å². The van der Waals surface area contributed by atoms with Crippen molar-refractivity contribution in [1.29, 1.82) is 0 Å². The molecule has 1 unspecified atom stereocenters. The molecule has 6 heteroatoms. The fraction of sp³-hybridized carbons (Fsp3) is 0.529. The van der Waals surface area contributed by atoms with Crippen LogP contribution in [-0.2, 0) is 4.79 Å². The Morgan fingerprint density at radius 1 is 1.43 bits per heavy atom. The summed E-state index contributed by atoms with van der Waals surface area (Å²) in [5.41, 5.74) is 1.39. The maximum Gasteiger partial charge on any atom is 0.255 e. The van der Waals surface area contributed by atoms with Gasteiger partial charge in [-0.15, -0.1) is 0 Å². The molecule has 2 rings (SSSR count). The second kappa shape index (κ2) is 7.68. The van der Waals surface area contributed by atoms with Crippen LogP contribution in [0.5, 0.6) is 0 Å². The van der Waals surface area contributed by atoms with Gasteiger partial charge < -0.3 is 15.1 Å². The monoisotopic (exact) mass is 337 g/mol. The van der Waals surface area contributed by atoms with Crippen molar-refractivity contribution in [2.45, 2.75) is 19.8 Å². The van der Waals surface area contributed by atoms with Crippen molar-refractivity contribution in [1.82, 2.24) is 9.80 Å². The number of piperidine rings is 1. The normalized spacial score (nSPS) is 17.7. The largest absolute Gasteiger partial charge is 0.388 e. The summed E-state index contributed by atoms with van der Waals surface area (Å²) < 4.78 is 0. The Morgan fingerprint density at radius 3 is 2.83 bits per heavy atom. The van der Waals surface area contributed by atoms with Gasteiger partial charge in [0.1, 0.15) is 0 Å². The van der Waals surface area contributed by atoms with Crippen LogP contribution in [0.2, 0.25) is 5.02 Å². The van der Waals surface area contributed by atoms with E-state index in [-0.39, 0.29) is 11.8 Å². The van der Waals surface area contributed by atoms with Gasteiger partial charge in [0.25, 0.3) is 5.91 Å². The van der Waals surface area contributed by atoms with Crippen LogP contribution in [0.15, 0.2) is 18.2 Å². The molecule has 0 aliphatic carbocycles. The van der Waals surface area contributed by atoms with E-state index in [1.165, 1.54) is 0 Å². The van der Waals surface area contributed by atoms with Gasteiger partial charge in [0.05, 0.1) is 10.6 Å². The zero-order valence-corrected chi connectivity index (χ0v) is 14.7. The molecular weight excluding hydrogens is 314 g/mol. The fourth-order valence-electron chi connectivity index (χ4n) is 2.93. The van der Waals surface area contributed by atoms with Gasteiger partial charge >= 0.3 is 0 Å². The highest BCUT2D eigenvalue weighted by Gasteiger charge is 2.26. The van der Waals surface area contributed by atoms with Crippen LogP contribution >= 0.6 is 11.6 Å². The molecule has 0 saturated carbocycles. The molecule has 23 heavy (non-hydrogen) atoms. The summed E-state index contributed by atoms with van der Waals surface area (Å²) in [4.78, 5) is 27.7. The topological polar surface area (TPSA) is 52.7 Å². The molecule has 1 aromatic carbocycles. The van der Waals surface area contributed by atoms with Gasteiger partial charge in [-0.25, -0.2) is 0 Å². The summed E-state index contributed by atoms with van der Waals surface area (Å²) in [5, 5.41) is 3.50. The minimum atomic E-state index is -0.0396. The Balaban J connectivity index is 2.09. The van der Waals surface area contributed by atoms with E-state index in [2.05, 4.69) is 5.32 Å². The fourth-order valence-corrected chi connectivity index (χ4v) is 3.13. The minimum absolute atomic E-state index is 0.0396. The zero-order chi connectivity index (χ0) is 17.0. The second-order valence-electron chi connectivity index (χ2n) is 6.10. The van der Waals surface area contributed by atoms with Gasteiger partial charge in [-0.05, 0) is 37.0 Å². The summed E-state index contributed by atoms with van der Waals surface area (Å²) in [6.45, 7) is 3.65. The molecule has 1 N–H and O–H groups in total. The smallest absolute Gasteiger partial charge is 0.255 e. The van der Waals surface area contributed by atoms with Crippen LogP contribution in [0.1, 0.15) is 30.1 Å². The Hall–Kier alpha value is -1.75. The molecule has 1 fully saturated rings. The van der Waals surface area contributed by atoms with E-state index >= 15 is 0 Å². The number of rotatable bonds is 4. The first kappa shape index (κ1) is 17.6. The first-order valence-electron chi connectivity index (χ1n) is 7.90. The van der Waals surface area contributed by atoms with E-state index < -0.39 is 0 Å². The molecule has 126 valence electrons. The molecule has 0 radical (unpaired) electrons. The van der Waals surface area contributed by atoms with E-state index in [1.54, 1.807) is 31.0 Å². The zero-order valence-electron chi connectivity index (χ0n) is 13.9. The maximum atomic E-state index is 12.8. The summed E-state index contributed by atoms with van der Waals surface area (Å²) in [6.07, 6.45) is 1.98. The first-order valence-corrected chi connectivity index (χ1v) is 8.28. The Morgan fingerprint density at radius 2 is 2.17 bits per heavy atom. The van der Waals surface area contributed by atoms with Crippen LogP contribution in [-0.4, -0.2) is 55.3 Å². The van der Waals surface area contributed by atoms with Crippen LogP contribution in [0, 0.1) is 5.92 Å². The molecule has 2 amide bonds. The van der Waals surface area contributed by atoms with Crippen molar-refractivity contribution in [2.75, 3.05) is 39.0 Å². The van der Waals surface area contributed by atoms with Crippen molar-refractivity contribution in [3.05, 3.63) is 28.8 Å². The lowest BCUT2D eigenvalue weighted by atomic mass is 9.96. The van der Waals surface area contributed by atoms with E-state index in [4.69, 9.17) is 11.6 Å². The number of anilines is 1. The Kier molecular flexibility index (Phi) is 5.88. The summed E-state index contributed by atoms with van der Waals surface area (Å²) in [5.74, 6) is 0.327. The quantitative estimate of drug-likeness (QED) is 0.919. The van der Waals surface area contributed by atoms with Gasteiger partial charge in [0, 0.05) is 46.3 Å². The van der Waals surface area contributed by atoms with E-state index in [0.29, 0.717) is 29.6 Å². The molecule has 1 saturated heterocycles. The number of hydrogen-bond acceptors (Lipinski definition) is 3. The summed E-state index contributed by atoms with van der Waals surface area (Å²) >= 11 is 6.20. The number of carbonyl (C=O) groups is 2. The van der Waals surface area contributed by atoms with Crippen molar-refractivity contribution < 1.29 is 9.59 Å². The van der Waals surface area contributed by atoms with Crippen LogP contribution in [0.25, 0.3) is 0 Å². The highest BCUT2D eigenvalue weighted by atomic mass is 35.5. The molecule has 1 aliphatic rings. The number of carbonyl (C=O) groups excluding carboxylic acids is 2. The average Bonchev–Trinajstić information content (AvgIpc) is 2.54. The van der Waals surface area contributed by atoms with Crippen molar-refractivity contribution >= 4 is 29.1 Å². The van der Waals surface area contributed by atoms with Crippen molar-refractivity contribution in [3.63, 3.8) is 0 Å². The third-order valence-corrected chi connectivity index (χ3v) is 4.69. The molecule has 1 atom stereocenters. The number of halogens is 1. The number of hydrogen-bond donors (Lipinski definition) is 1. The lowest BCUT2D eigenvalue weighted by Gasteiger charge is -2.34. The predicted molar refractivity (Wildman–Crippen MR) is 92.9 cm³/mol. The standard InChI is InChI=1S/C17H24ClN3O2/c1-12(22)20(3)10-13-5-4-8-21(11-13)17(23)15-9-14(19-2)6-7-16(15)18/h6-7,9,13,19H,4-5,8,10-11H2,1-3H3. The third-order valence-electron chi connectivity index (χ3n) is 4.36. The Labute approximate surface area is 142 Å². The molecule has 0 aromatic heterocycles. The van der Waals surface area contributed by atoms with Crippen LogP contribution in [0.4, 0.5) is 5.69 Å². The first-order chi connectivity index (χ1) is 10.9.